The number of benzene rings is 1. The number of nitrogen functional groups attached to an aromatic ring is 1. The van der Waals surface area contributed by atoms with E-state index >= 15 is 0 Å². The van der Waals surface area contributed by atoms with Gasteiger partial charge in [-0.15, -0.1) is 0 Å². The number of alkyl halides is 3. The van der Waals surface area contributed by atoms with Crippen LogP contribution in [0, 0.1) is 5.82 Å². The van der Waals surface area contributed by atoms with Crippen LogP contribution in [0.5, 0.6) is 0 Å². The van der Waals surface area contributed by atoms with Crippen LogP contribution in [-0.4, -0.2) is 37.2 Å². The Labute approximate surface area is 178 Å². The number of aromatic nitrogens is 4. The molecule has 1 atom stereocenters. The molecule has 164 valence electrons. The summed E-state index contributed by atoms with van der Waals surface area (Å²) >= 11 is 0. The molecule has 1 aliphatic carbocycles. The number of nitrogens with zero attached hydrogens (tertiary/aromatic N) is 5. The summed E-state index contributed by atoms with van der Waals surface area (Å²) in [5.74, 6) is -1.22. The highest BCUT2D eigenvalue weighted by molar-refractivity contribution is 5.98. The van der Waals surface area contributed by atoms with E-state index in [1.54, 1.807) is 4.40 Å². The van der Waals surface area contributed by atoms with Gasteiger partial charge in [0.05, 0.1) is 46.4 Å². The lowest BCUT2D eigenvalue weighted by Gasteiger charge is -2.25. The monoisotopic (exact) mass is 444 g/mol. The topological polar surface area (TPSA) is 89.4 Å². The number of carbonyl (C=O) groups is 1. The smallest absolute Gasteiger partial charge is 0.382 e. The van der Waals surface area contributed by atoms with E-state index in [1.807, 2.05) is 0 Å². The molecule has 0 radical (unpaired) electrons. The third-order valence-electron chi connectivity index (χ3n) is 5.82. The zero-order chi connectivity index (χ0) is 22.8. The molecule has 0 spiro atoms. The van der Waals surface area contributed by atoms with E-state index in [9.17, 15) is 22.4 Å². The van der Waals surface area contributed by atoms with Gasteiger partial charge in [-0.25, -0.2) is 14.4 Å². The maximum absolute atomic E-state index is 14.9. The van der Waals surface area contributed by atoms with E-state index < -0.39 is 29.5 Å². The molecule has 0 aliphatic heterocycles. The molecule has 3 aromatic heterocycles. The zero-order valence-corrected chi connectivity index (χ0v) is 16.7. The second-order valence-corrected chi connectivity index (χ2v) is 7.70. The number of nitrogens with two attached hydrogens (primary N) is 1. The van der Waals surface area contributed by atoms with Crippen molar-refractivity contribution in [3.05, 3.63) is 65.1 Å². The fraction of sp³-hybridized carbons (Fsp3) is 0.238. The number of carbonyl (C=O) groups excluding carboxylic acids is 1. The number of hydrogen-bond acceptors (Lipinski definition) is 5. The second-order valence-electron chi connectivity index (χ2n) is 7.70. The molecular formula is C21H16F4N6O. The Morgan fingerprint density at radius 2 is 2.00 bits per heavy atom. The van der Waals surface area contributed by atoms with Crippen molar-refractivity contribution in [1.29, 1.82) is 0 Å². The van der Waals surface area contributed by atoms with Gasteiger partial charge in [0.25, 0.3) is 5.91 Å². The van der Waals surface area contributed by atoms with E-state index in [0.29, 0.717) is 35.1 Å². The van der Waals surface area contributed by atoms with Crippen LogP contribution in [0.3, 0.4) is 0 Å². The first-order valence-electron chi connectivity index (χ1n) is 9.69. The highest BCUT2D eigenvalue weighted by Crippen LogP contribution is 2.38. The summed E-state index contributed by atoms with van der Waals surface area (Å²) in [4.78, 5) is 26.7. The number of anilines is 1. The van der Waals surface area contributed by atoms with Gasteiger partial charge in [-0.2, -0.15) is 13.2 Å². The number of hydrogen-bond donors (Lipinski definition) is 1. The zero-order valence-electron chi connectivity index (χ0n) is 16.7. The standard InChI is InChI=1S/C21H16F4N6O/c1-30(15-3-2-10-4-11(21(23,24)25)7-28-18(10)15)20(32)12-5-16-14(6-13(12)22)29-19(26)17-8-27-9-31(16)17/h4-9,15H,2-3H2,1H3,(H2,26,29)/t15-/m1/s1. The molecule has 1 aromatic carbocycles. The van der Waals surface area contributed by atoms with Crippen molar-refractivity contribution in [2.45, 2.75) is 25.1 Å². The van der Waals surface area contributed by atoms with Crippen LogP contribution in [0.15, 0.2) is 36.9 Å². The fourth-order valence-electron chi connectivity index (χ4n) is 4.18. The minimum Gasteiger partial charge on any atom is -0.382 e. The summed E-state index contributed by atoms with van der Waals surface area (Å²) in [7, 11) is 1.49. The third kappa shape index (κ3) is 3.03. The van der Waals surface area contributed by atoms with Crippen molar-refractivity contribution in [3.8, 4) is 0 Å². The average molecular weight is 444 g/mol. The van der Waals surface area contributed by atoms with Crippen molar-refractivity contribution < 1.29 is 22.4 Å². The van der Waals surface area contributed by atoms with Gasteiger partial charge in [0.1, 0.15) is 17.2 Å². The summed E-state index contributed by atoms with van der Waals surface area (Å²) in [6.07, 6.45) is -0.00134. The Kier molecular flexibility index (Phi) is 4.33. The number of aryl methyl sites for hydroxylation is 1. The van der Waals surface area contributed by atoms with Crippen LogP contribution < -0.4 is 5.73 Å². The van der Waals surface area contributed by atoms with E-state index in [-0.39, 0.29) is 16.9 Å². The predicted molar refractivity (Wildman–Crippen MR) is 107 cm³/mol. The molecule has 3 heterocycles. The molecule has 5 rings (SSSR count). The lowest BCUT2D eigenvalue weighted by molar-refractivity contribution is -0.137. The van der Waals surface area contributed by atoms with E-state index in [0.717, 1.165) is 18.3 Å². The van der Waals surface area contributed by atoms with Crippen molar-refractivity contribution in [2.75, 3.05) is 12.8 Å². The molecule has 0 saturated carbocycles. The third-order valence-corrected chi connectivity index (χ3v) is 5.82. The Bertz CT molecular complexity index is 1400. The average Bonchev–Trinajstić information content (AvgIpc) is 3.39. The number of amides is 1. The van der Waals surface area contributed by atoms with Gasteiger partial charge < -0.3 is 10.6 Å². The Morgan fingerprint density at radius 3 is 2.75 bits per heavy atom. The second kappa shape index (κ2) is 6.87. The highest BCUT2D eigenvalue weighted by atomic mass is 19.4. The van der Waals surface area contributed by atoms with Crippen molar-refractivity contribution >= 4 is 28.3 Å². The van der Waals surface area contributed by atoms with Gasteiger partial charge in [0.15, 0.2) is 0 Å². The number of rotatable bonds is 2. The van der Waals surface area contributed by atoms with Crippen molar-refractivity contribution in [1.82, 2.24) is 24.3 Å². The summed E-state index contributed by atoms with van der Waals surface area (Å²) < 4.78 is 55.4. The summed E-state index contributed by atoms with van der Waals surface area (Å²) in [5, 5.41) is 0. The fourth-order valence-corrected chi connectivity index (χ4v) is 4.18. The minimum atomic E-state index is -4.49. The lowest BCUT2D eigenvalue weighted by Crippen LogP contribution is -2.31. The number of halogens is 4. The van der Waals surface area contributed by atoms with E-state index in [2.05, 4.69) is 15.0 Å². The molecule has 7 nitrogen and oxygen atoms in total. The van der Waals surface area contributed by atoms with Gasteiger partial charge in [-0.3, -0.25) is 14.2 Å². The molecule has 0 bridgehead atoms. The largest absolute Gasteiger partial charge is 0.417 e. The van der Waals surface area contributed by atoms with E-state index in [4.69, 9.17) is 5.73 Å². The molecule has 4 aromatic rings. The van der Waals surface area contributed by atoms with E-state index in [1.165, 1.54) is 30.5 Å². The molecule has 11 heteroatoms. The molecule has 1 amide bonds. The Morgan fingerprint density at radius 1 is 1.22 bits per heavy atom. The molecule has 0 fully saturated rings. The Hall–Kier alpha value is -3.76. The Balaban J connectivity index is 1.53. The first kappa shape index (κ1) is 20.2. The quantitative estimate of drug-likeness (QED) is 0.476. The van der Waals surface area contributed by atoms with Crippen LogP contribution in [-0.2, 0) is 12.6 Å². The van der Waals surface area contributed by atoms with Crippen LogP contribution in [0.1, 0.15) is 39.6 Å². The van der Waals surface area contributed by atoms with Crippen LogP contribution in [0.4, 0.5) is 23.4 Å². The molecular weight excluding hydrogens is 428 g/mol. The predicted octanol–water partition coefficient (Wildman–Crippen LogP) is 3.78. The first-order chi connectivity index (χ1) is 15.1. The number of fused-ring (bicyclic) bond motifs is 4. The first-order valence-corrected chi connectivity index (χ1v) is 9.69. The normalized spacial score (nSPS) is 16.0. The van der Waals surface area contributed by atoms with Gasteiger partial charge in [0, 0.05) is 19.3 Å². The number of pyridine rings is 1. The maximum Gasteiger partial charge on any atom is 0.417 e. The summed E-state index contributed by atoms with van der Waals surface area (Å²) in [6, 6.07) is 3.00. The van der Waals surface area contributed by atoms with Gasteiger partial charge in [-0.1, -0.05) is 0 Å². The summed E-state index contributed by atoms with van der Waals surface area (Å²) in [5.41, 5.74) is 6.91. The highest BCUT2D eigenvalue weighted by Gasteiger charge is 2.36. The van der Waals surface area contributed by atoms with Gasteiger partial charge in [0.2, 0.25) is 0 Å². The van der Waals surface area contributed by atoms with Crippen molar-refractivity contribution in [2.24, 2.45) is 0 Å². The minimum absolute atomic E-state index is 0.178. The lowest BCUT2D eigenvalue weighted by atomic mass is 10.1. The van der Waals surface area contributed by atoms with Gasteiger partial charge in [-0.05, 0) is 30.5 Å². The summed E-state index contributed by atoms with van der Waals surface area (Å²) in [6.45, 7) is 0. The molecule has 0 saturated heterocycles. The molecule has 1 aliphatic rings. The SMILES string of the molecule is CN(C(=O)c1cc2c(cc1F)nc(N)c1cncn12)[C@@H]1CCc2cc(C(F)(F)F)cnc21. The molecule has 0 unspecified atom stereocenters. The molecule has 2 N–H and O–H groups in total. The van der Waals surface area contributed by atoms with Crippen LogP contribution in [0.25, 0.3) is 16.6 Å². The van der Waals surface area contributed by atoms with Crippen LogP contribution >= 0.6 is 0 Å². The molecule has 32 heavy (non-hydrogen) atoms. The van der Waals surface area contributed by atoms with Crippen LogP contribution in [0.2, 0.25) is 0 Å². The van der Waals surface area contributed by atoms with Crippen molar-refractivity contribution in [3.63, 3.8) is 0 Å². The maximum atomic E-state index is 14.9. The number of imidazole rings is 1. The van der Waals surface area contributed by atoms with Gasteiger partial charge >= 0.3 is 6.18 Å².